The van der Waals surface area contributed by atoms with Gasteiger partial charge in [0.2, 0.25) is 0 Å². The summed E-state index contributed by atoms with van der Waals surface area (Å²) in [7, 11) is 0. The molecular weight excluding hydrogens is 913 g/mol. The first-order chi connectivity index (χ1) is 36.5. The van der Waals surface area contributed by atoms with Gasteiger partial charge in [0.15, 0.2) is 6.10 Å². The number of ether oxygens (including phenoxy) is 3. The molecule has 0 aliphatic rings. The molecule has 0 N–H and O–H groups in total. The van der Waals surface area contributed by atoms with Crippen LogP contribution in [0.1, 0.15) is 233 Å². The molecule has 0 spiro atoms. The first kappa shape index (κ1) is 69.0. The number of unbranched alkanes of at least 4 members (excludes halogenated alkanes) is 22. The number of allylic oxidation sites excluding steroid dienone is 26. The average Bonchev–Trinajstić information content (AvgIpc) is 3.40. The Morgan fingerprint density at radius 2 is 0.595 bits per heavy atom. The second kappa shape index (κ2) is 60.6. The van der Waals surface area contributed by atoms with Crippen molar-refractivity contribution in [3.05, 3.63) is 158 Å². The quantitative estimate of drug-likeness (QED) is 0.0199. The minimum Gasteiger partial charge on any atom is -0.462 e. The van der Waals surface area contributed by atoms with E-state index in [4.69, 9.17) is 14.2 Å². The Morgan fingerprint density at radius 1 is 0.297 bits per heavy atom. The third-order valence-corrected chi connectivity index (χ3v) is 12.0. The Balaban J connectivity index is 4.57. The van der Waals surface area contributed by atoms with E-state index in [0.29, 0.717) is 19.3 Å². The molecular formula is C68H106O6. The van der Waals surface area contributed by atoms with Crippen LogP contribution >= 0.6 is 0 Å². The van der Waals surface area contributed by atoms with Gasteiger partial charge in [-0.05, 0) is 96.3 Å². The Bertz CT molecular complexity index is 1690. The van der Waals surface area contributed by atoms with Gasteiger partial charge >= 0.3 is 17.9 Å². The van der Waals surface area contributed by atoms with E-state index in [-0.39, 0.29) is 31.1 Å². The van der Waals surface area contributed by atoms with E-state index in [1.165, 1.54) is 70.6 Å². The lowest BCUT2D eigenvalue weighted by molar-refractivity contribution is -0.167. The van der Waals surface area contributed by atoms with E-state index in [1.807, 2.05) is 72.9 Å². The van der Waals surface area contributed by atoms with Crippen LogP contribution in [0.3, 0.4) is 0 Å². The summed E-state index contributed by atoms with van der Waals surface area (Å²) in [6.45, 7) is 6.30. The zero-order valence-electron chi connectivity index (χ0n) is 47.3. The number of carbonyl (C=O) groups excluding carboxylic acids is 3. The van der Waals surface area contributed by atoms with Gasteiger partial charge in [-0.3, -0.25) is 14.4 Å². The van der Waals surface area contributed by atoms with E-state index in [2.05, 4.69) is 106 Å². The summed E-state index contributed by atoms with van der Waals surface area (Å²) in [6, 6.07) is 0. The topological polar surface area (TPSA) is 78.9 Å². The van der Waals surface area contributed by atoms with Gasteiger partial charge in [-0.25, -0.2) is 0 Å². The van der Waals surface area contributed by atoms with E-state index in [0.717, 1.165) is 122 Å². The summed E-state index contributed by atoms with van der Waals surface area (Å²) in [5, 5.41) is 0. The minimum atomic E-state index is -0.818. The molecule has 0 bridgehead atoms. The number of rotatable bonds is 51. The van der Waals surface area contributed by atoms with Crippen molar-refractivity contribution in [1.29, 1.82) is 0 Å². The van der Waals surface area contributed by atoms with Gasteiger partial charge < -0.3 is 14.2 Å². The van der Waals surface area contributed by atoms with E-state index < -0.39 is 6.10 Å². The van der Waals surface area contributed by atoms with E-state index in [9.17, 15) is 14.4 Å². The molecule has 74 heavy (non-hydrogen) atoms. The van der Waals surface area contributed by atoms with Crippen molar-refractivity contribution in [2.45, 2.75) is 239 Å². The summed E-state index contributed by atoms with van der Waals surface area (Å²) in [6.07, 6.45) is 87.9. The first-order valence-corrected chi connectivity index (χ1v) is 29.6. The monoisotopic (exact) mass is 1020 g/mol. The predicted molar refractivity (Wildman–Crippen MR) is 320 cm³/mol. The average molecular weight is 1020 g/mol. The first-order valence-electron chi connectivity index (χ1n) is 29.6. The van der Waals surface area contributed by atoms with Gasteiger partial charge in [0.05, 0.1) is 0 Å². The van der Waals surface area contributed by atoms with Crippen LogP contribution in [0.2, 0.25) is 0 Å². The minimum absolute atomic E-state index is 0.113. The van der Waals surface area contributed by atoms with Crippen molar-refractivity contribution in [2.24, 2.45) is 0 Å². The molecule has 1 unspecified atom stereocenters. The van der Waals surface area contributed by atoms with Crippen LogP contribution in [-0.2, 0) is 28.6 Å². The largest absolute Gasteiger partial charge is 0.462 e. The number of esters is 3. The third-order valence-electron chi connectivity index (χ3n) is 12.0. The highest BCUT2D eigenvalue weighted by atomic mass is 16.6. The maximum atomic E-state index is 12.9. The molecule has 0 saturated carbocycles. The summed E-state index contributed by atoms with van der Waals surface area (Å²) in [5.74, 6) is -0.988. The van der Waals surface area contributed by atoms with Gasteiger partial charge in [0, 0.05) is 19.3 Å². The predicted octanol–water partition coefficient (Wildman–Crippen LogP) is 20.1. The lowest BCUT2D eigenvalue weighted by Crippen LogP contribution is -2.30. The van der Waals surface area contributed by atoms with Crippen molar-refractivity contribution in [3.8, 4) is 0 Å². The maximum absolute atomic E-state index is 12.9. The van der Waals surface area contributed by atoms with Crippen LogP contribution in [0.15, 0.2) is 158 Å². The highest BCUT2D eigenvalue weighted by Crippen LogP contribution is 2.14. The lowest BCUT2D eigenvalue weighted by Gasteiger charge is -2.18. The Kier molecular flexibility index (Phi) is 56.5. The molecule has 0 aliphatic carbocycles. The molecule has 6 nitrogen and oxygen atoms in total. The summed E-state index contributed by atoms with van der Waals surface area (Å²) in [4.78, 5) is 38.3. The van der Waals surface area contributed by atoms with Crippen LogP contribution in [0.5, 0.6) is 0 Å². The second-order valence-electron chi connectivity index (χ2n) is 19.0. The highest BCUT2D eigenvalue weighted by molar-refractivity contribution is 5.71. The van der Waals surface area contributed by atoms with Crippen molar-refractivity contribution >= 4 is 17.9 Å². The fourth-order valence-electron chi connectivity index (χ4n) is 7.62. The van der Waals surface area contributed by atoms with Crippen molar-refractivity contribution < 1.29 is 28.6 Å². The lowest BCUT2D eigenvalue weighted by atomic mass is 10.1. The third kappa shape index (κ3) is 57.9. The van der Waals surface area contributed by atoms with E-state index >= 15 is 0 Å². The molecule has 1 atom stereocenters. The van der Waals surface area contributed by atoms with Gasteiger partial charge in [0.25, 0.3) is 0 Å². The van der Waals surface area contributed by atoms with Gasteiger partial charge in [-0.1, -0.05) is 275 Å². The smallest absolute Gasteiger partial charge is 0.306 e. The van der Waals surface area contributed by atoms with E-state index in [1.54, 1.807) is 0 Å². The zero-order chi connectivity index (χ0) is 53.6. The van der Waals surface area contributed by atoms with Crippen molar-refractivity contribution in [2.75, 3.05) is 13.2 Å². The number of hydrogen-bond donors (Lipinski definition) is 0. The standard InChI is InChI=1S/C68H106O6/c1-4-7-10-13-16-19-22-25-28-31-34-37-40-43-46-49-52-55-58-61-67(70)73-64-65(63-72-66(69)60-57-54-51-48-45-42-39-36-33-30-27-24-21-18-15-12-9-6-3)74-68(71)62-59-56-53-50-47-44-41-38-35-32-29-26-23-20-17-14-11-8-5-2/h7-8,10-11,13,16-17,19-20,22,24-31,33-34,36-37,39-40,43,46,65H,4-6,9,12,14-15,18,21,23,32,35,38,41-42,44-45,47-64H2,1-3H3/b10-7-,11-8-,16-13-,20-17-,22-19-,27-24-,28-25-,29-26-,33-30-,34-31+,39-36-,40-37-,46-43-. The molecule has 0 rings (SSSR count). The van der Waals surface area contributed by atoms with Gasteiger partial charge in [-0.15, -0.1) is 0 Å². The van der Waals surface area contributed by atoms with Crippen LogP contribution in [-0.4, -0.2) is 37.2 Å². The fourth-order valence-corrected chi connectivity index (χ4v) is 7.62. The van der Waals surface area contributed by atoms with Gasteiger partial charge in [0.1, 0.15) is 13.2 Å². The highest BCUT2D eigenvalue weighted by Gasteiger charge is 2.19. The van der Waals surface area contributed by atoms with Crippen molar-refractivity contribution in [1.82, 2.24) is 0 Å². The second-order valence-corrected chi connectivity index (χ2v) is 19.0. The molecule has 0 radical (unpaired) electrons. The molecule has 0 aromatic rings. The molecule has 0 fully saturated rings. The van der Waals surface area contributed by atoms with Crippen LogP contribution in [0.25, 0.3) is 0 Å². The van der Waals surface area contributed by atoms with Crippen molar-refractivity contribution in [3.63, 3.8) is 0 Å². The summed E-state index contributed by atoms with van der Waals surface area (Å²) in [5.41, 5.74) is 0. The molecule has 0 saturated heterocycles. The Labute approximate surface area is 454 Å². The SMILES string of the molecule is CC\C=C/C=C\C=C/C=C\C=C\C=C/C=C\CCCCCC(=O)OCC(COC(=O)CCCCCCC\C=C/C=C\C=C/CCCCCCC)OC(=O)CCCCCCCCCCC/C=C\C/C=C\C/C=C\CC. The molecule has 0 aromatic carbocycles. The summed E-state index contributed by atoms with van der Waals surface area (Å²) < 4.78 is 16.8. The molecule has 0 aromatic heterocycles. The zero-order valence-corrected chi connectivity index (χ0v) is 47.3. The maximum Gasteiger partial charge on any atom is 0.306 e. The molecule has 0 aliphatic heterocycles. The van der Waals surface area contributed by atoms with Crippen LogP contribution in [0, 0.1) is 0 Å². The Morgan fingerprint density at radius 3 is 1.00 bits per heavy atom. The molecule has 414 valence electrons. The van der Waals surface area contributed by atoms with Crippen LogP contribution in [0.4, 0.5) is 0 Å². The Hall–Kier alpha value is -4.97. The fraction of sp³-hybridized carbons (Fsp3) is 0.574. The number of carbonyl (C=O) groups is 3. The normalized spacial score (nSPS) is 13.3. The molecule has 0 amide bonds. The molecule has 0 heterocycles. The number of hydrogen-bond acceptors (Lipinski definition) is 6. The van der Waals surface area contributed by atoms with Crippen LogP contribution < -0.4 is 0 Å². The van der Waals surface area contributed by atoms with Gasteiger partial charge in [-0.2, -0.15) is 0 Å². The summed E-state index contributed by atoms with van der Waals surface area (Å²) >= 11 is 0. The molecule has 6 heteroatoms.